The van der Waals surface area contributed by atoms with E-state index in [2.05, 4.69) is 60.6 Å². The Morgan fingerprint density at radius 2 is 1.88 bits per heavy atom. The Labute approximate surface area is 94.5 Å². The van der Waals surface area contributed by atoms with E-state index in [1.807, 2.05) is 0 Å². The highest BCUT2D eigenvalue weighted by Gasteiger charge is 2.07. The van der Waals surface area contributed by atoms with E-state index in [0.717, 1.165) is 11.3 Å². The fourth-order valence-corrected chi connectivity index (χ4v) is 2.18. The zero-order chi connectivity index (χ0) is 11.3. The molecule has 0 unspecified atom stereocenters. The van der Waals surface area contributed by atoms with Gasteiger partial charge >= 0.3 is 0 Å². The molecule has 2 nitrogen and oxygen atoms in total. The van der Waals surface area contributed by atoms with Crippen LogP contribution >= 0.6 is 0 Å². The van der Waals surface area contributed by atoms with Crippen molar-refractivity contribution in [2.45, 2.75) is 20.8 Å². The molecular weight excluding hydrogens is 196 g/mol. The smallest absolute Gasteiger partial charge is 0.145 e. The number of benzene rings is 1. The lowest BCUT2D eigenvalue weighted by atomic mass is 10.1. The Hall–Kier alpha value is -1.83. The molecule has 2 heterocycles. The highest BCUT2D eigenvalue weighted by molar-refractivity contribution is 5.94. The van der Waals surface area contributed by atoms with E-state index in [0.29, 0.717) is 0 Å². The molecule has 0 saturated carbocycles. The van der Waals surface area contributed by atoms with Crippen LogP contribution in [-0.4, -0.2) is 9.38 Å². The first-order valence-corrected chi connectivity index (χ1v) is 5.51. The van der Waals surface area contributed by atoms with Gasteiger partial charge in [-0.05, 0) is 32.2 Å². The zero-order valence-electron chi connectivity index (χ0n) is 9.78. The maximum absolute atomic E-state index is 4.63. The van der Waals surface area contributed by atoms with Crippen molar-refractivity contribution in [2.24, 2.45) is 0 Å². The van der Waals surface area contributed by atoms with Crippen LogP contribution in [0.4, 0.5) is 0 Å². The van der Waals surface area contributed by atoms with E-state index in [1.165, 1.54) is 22.0 Å². The van der Waals surface area contributed by atoms with Crippen molar-refractivity contribution >= 4 is 16.4 Å². The first kappa shape index (κ1) is 9.40. The number of aryl methyl sites for hydroxylation is 3. The number of hydrogen-bond acceptors (Lipinski definition) is 1. The van der Waals surface area contributed by atoms with Gasteiger partial charge in [-0.3, -0.25) is 0 Å². The van der Waals surface area contributed by atoms with Crippen molar-refractivity contribution < 1.29 is 0 Å². The lowest BCUT2D eigenvalue weighted by Crippen LogP contribution is -1.88. The van der Waals surface area contributed by atoms with E-state index < -0.39 is 0 Å². The van der Waals surface area contributed by atoms with Gasteiger partial charge in [-0.2, -0.15) is 0 Å². The van der Waals surface area contributed by atoms with Crippen LogP contribution in [0.25, 0.3) is 16.4 Å². The summed E-state index contributed by atoms with van der Waals surface area (Å²) >= 11 is 0. The molecule has 0 aliphatic rings. The van der Waals surface area contributed by atoms with Crippen LogP contribution in [0.3, 0.4) is 0 Å². The molecule has 0 atom stereocenters. The van der Waals surface area contributed by atoms with Crippen molar-refractivity contribution in [1.82, 2.24) is 9.38 Å². The number of hydrogen-bond donors (Lipinski definition) is 0. The van der Waals surface area contributed by atoms with E-state index in [4.69, 9.17) is 0 Å². The summed E-state index contributed by atoms with van der Waals surface area (Å²) < 4.78 is 2.16. The van der Waals surface area contributed by atoms with E-state index in [1.54, 1.807) is 0 Å². The molecule has 0 N–H and O–H groups in total. The van der Waals surface area contributed by atoms with E-state index in [9.17, 15) is 0 Å². The third-order valence-electron chi connectivity index (χ3n) is 3.24. The average molecular weight is 210 g/mol. The van der Waals surface area contributed by atoms with Crippen LogP contribution in [-0.2, 0) is 0 Å². The highest BCUT2D eigenvalue weighted by atomic mass is 15.0. The van der Waals surface area contributed by atoms with Crippen molar-refractivity contribution in [3.05, 3.63) is 47.4 Å². The molecule has 0 spiro atoms. The first-order valence-electron chi connectivity index (χ1n) is 5.51. The fraction of sp³-hybridized carbons (Fsp3) is 0.214. The Balaban J connectivity index is 2.54. The Morgan fingerprint density at radius 1 is 1.06 bits per heavy atom. The van der Waals surface area contributed by atoms with Crippen molar-refractivity contribution in [2.75, 3.05) is 0 Å². The van der Waals surface area contributed by atoms with Gasteiger partial charge in [-0.25, -0.2) is 4.98 Å². The van der Waals surface area contributed by atoms with E-state index >= 15 is 0 Å². The normalized spacial score (nSPS) is 11.4. The molecule has 80 valence electrons. The van der Waals surface area contributed by atoms with Gasteiger partial charge in [0.25, 0.3) is 0 Å². The molecule has 0 bridgehead atoms. The molecule has 2 aromatic heterocycles. The van der Waals surface area contributed by atoms with Crippen molar-refractivity contribution in [3.63, 3.8) is 0 Å². The maximum atomic E-state index is 4.63. The maximum Gasteiger partial charge on any atom is 0.145 e. The second kappa shape index (κ2) is 3.08. The predicted molar refractivity (Wildman–Crippen MR) is 66.9 cm³/mol. The van der Waals surface area contributed by atoms with Crippen LogP contribution in [0.1, 0.15) is 17.0 Å². The van der Waals surface area contributed by atoms with Gasteiger partial charge in [-0.15, -0.1) is 0 Å². The Bertz CT molecular complexity index is 693. The topological polar surface area (TPSA) is 17.3 Å². The van der Waals surface area contributed by atoms with Crippen molar-refractivity contribution in [3.8, 4) is 0 Å². The molecule has 3 rings (SSSR count). The summed E-state index contributed by atoms with van der Waals surface area (Å²) in [6.45, 7) is 6.28. The number of rotatable bonds is 0. The third-order valence-corrected chi connectivity index (χ3v) is 3.24. The summed E-state index contributed by atoms with van der Waals surface area (Å²) in [5, 5.41) is 2.49. The van der Waals surface area contributed by atoms with Gasteiger partial charge in [0.2, 0.25) is 0 Å². The Kier molecular flexibility index (Phi) is 1.81. The van der Waals surface area contributed by atoms with Crippen molar-refractivity contribution in [1.29, 1.82) is 0 Å². The van der Waals surface area contributed by atoms with Gasteiger partial charge in [0.05, 0.1) is 5.69 Å². The number of fused-ring (bicyclic) bond motifs is 3. The average Bonchev–Trinajstić information content (AvgIpc) is 2.55. The summed E-state index contributed by atoms with van der Waals surface area (Å²) in [7, 11) is 0. The number of pyridine rings is 1. The predicted octanol–water partition coefficient (Wildman–Crippen LogP) is 3.41. The molecule has 0 fully saturated rings. The monoisotopic (exact) mass is 210 g/mol. The van der Waals surface area contributed by atoms with Gasteiger partial charge in [0.15, 0.2) is 0 Å². The minimum absolute atomic E-state index is 1.06. The largest absolute Gasteiger partial charge is 0.304 e. The van der Waals surface area contributed by atoms with E-state index in [-0.39, 0.29) is 0 Å². The quantitative estimate of drug-likeness (QED) is 0.555. The summed E-state index contributed by atoms with van der Waals surface area (Å²) in [6, 6.07) is 8.66. The number of nitrogens with zero attached hydrogens (tertiary/aromatic N) is 2. The summed E-state index contributed by atoms with van der Waals surface area (Å²) in [4.78, 5) is 4.63. The first-order chi connectivity index (χ1) is 7.66. The molecule has 1 aromatic carbocycles. The third kappa shape index (κ3) is 1.16. The SMILES string of the molecule is Cc1ccc2c(ccn3c(C)c(C)nc23)c1. The molecule has 0 saturated heterocycles. The molecule has 2 heteroatoms. The molecule has 16 heavy (non-hydrogen) atoms. The second-order valence-electron chi connectivity index (χ2n) is 4.38. The summed E-state index contributed by atoms with van der Waals surface area (Å²) in [5.41, 5.74) is 4.68. The minimum atomic E-state index is 1.06. The lowest BCUT2D eigenvalue weighted by Gasteiger charge is -2.02. The summed E-state index contributed by atoms with van der Waals surface area (Å²) in [5.74, 6) is 0. The van der Waals surface area contributed by atoms with Crippen LogP contribution < -0.4 is 0 Å². The standard InChI is InChI=1S/C14H14N2/c1-9-4-5-13-12(8-9)6-7-16-11(3)10(2)15-14(13)16/h4-8H,1-3H3. The second-order valence-corrected chi connectivity index (χ2v) is 4.38. The van der Waals surface area contributed by atoms with Crippen LogP contribution in [0.5, 0.6) is 0 Å². The van der Waals surface area contributed by atoms with Gasteiger partial charge in [0.1, 0.15) is 5.65 Å². The number of aromatic nitrogens is 2. The molecule has 0 aliphatic heterocycles. The molecule has 0 radical (unpaired) electrons. The fourth-order valence-electron chi connectivity index (χ4n) is 2.18. The zero-order valence-corrected chi connectivity index (χ0v) is 9.78. The molecule has 0 aliphatic carbocycles. The van der Waals surface area contributed by atoms with Gasteiger partial charge in [-0.1, -0.05) is 23.8 Å². The molecule has 0 amide bonds. The van der Waals surface area contributed by atoms with Gasteiger partial charge < -0.3 is 4.40 Å². The lowest BCUT2D eigenvalue weighted by molar-refractivity contribution is 1.10. The number of imidazole rings is 1. The Morgan fingerprint density at radius 3 is 2.69 bits per heavy atom. The molecular formula is C14H14N2. The molecule has 3 aromatic rings. The van der Waals surface area contributed by atoms with Crippen LogP contribution in [0.2, 0.25) is 0 Å². The van der Waals surface area contributed by atoms with Crippen LogP contribution in [0, 0.1) is 20.8 Å². The van der Waals surface area contributed by atoms with Crippen LogP contribution in [0.15, 0.2) is 30.5 Å². The summed E-state index contributed by atoms with van der Waals surface area (Å²) in [6.07, 6.45) is 2.10. The minimum Gasteiger partial charge on any atom is -0.304 e. The van der Waals surface area contributed by atoms with Gasteiger partial charge in [0, 0.05) is 17.3 Å². The highest BCUT2D eigenvalue weighted by Crippen LogP contribution is 2.22.